The molecule has 0 aliphatic carbocycles. The SMILES string of the molecule is CCCCOC(=O)c1ccc(NC(=O)[C@@H]2CCN(S(C)(=O)=O)c3ccccc3O2)cc1. The highest BCUT2D eigenvalue weighted by molar-refractivity contribution is 7.92. The number of amides is 1. The summed E-state index contributed by atoms with van der Waals surface area (Å²) in [7, 11) is -3.51. The number of unbranched alkanes of at least 4 members (excludes halogenated alkanes) is 1. The van der Waals surface area contributed by atoms with Crippen LogP contribution in [0.3, 0.4) is 0 Å². The molecule has 1 amide bonds. The fourth-order valence-corrected chi connectivity index (χ4v) is 4.11. The van der Waals surface area contributed by atoms with Crippen LogP contribution >= 0.6 is 0 Å². The first-order valence-corrected chi connectivity index (χ1v) is 12.0. The highest BCUT2D eigenvalue weighted by atomic mass is 32.2. The Bertz CT molecular complexity index is 1040. The van der Waals surface area contributed by atoms with Crippen LogP contribution in [0.1, 0.15) is 36.5 Å². The van der Waals surface area contributed by atoms with E-state index in [0.29, 0.717) is 29.3 Å². The Morgan fingerprint density at radius 3 is 2.55 bits per heavy atom. The van der Waals surface area contributed by atoms with Crippen LogP contribution < -0.4 is 14.4 Å². The lowest BCUT2D eigenvalue weighted by Gasteiger charge is -2.20. The van der Waals surface area contributed by atoms with E-state index in [9.17, 15) is 18.0 Å². The molecule has 0 saturated heterocycles. The molecule has 166 valence electrons. The summed E-state index contributed by atoms with van der Waals surface area (Å²) in [4.78, 5) is 24.8. The molecule has 0 aromatic heterocycles. The van der Waals surface area contributed by atoms with E-state index in [-0.39, 0.29) is 13.0 Å². The van der Waals surface area contributed by atoms with Gasteiger partial charge in [0, 0.05) is 18.7 Å². The molecule has 3 rings (SSSR count). The van der Waals surface area contributed by atoms with E-state index in [1.54, 1.807) is 48.5 Å². The Labute approximate surface area is 182 Å². The Kier molecular flexibility index (Phi) is 7.17. The molecule has 2 aromatic carbocycles. The van der Waals surface area contributed by atoms with Crippen LogP contribution in [0.2, 0.25) is 0 Å². The molecule has 0 radical (unpaired) electrons. The lowest BCUT2D eigenvalue weighted by atomic mass is 10.2. The van der Waals surface area contributed by atoms with Crippen LogP contribution in [-0.4, -0.2) is 45.8 Å². The quantitative estimate of drug-likeness (QED) is 0.518. The number of fused-ring (bicyclic) bond motifs is 1. The average molecular weight is 447 g/mol. The van der Waals surface area contributed by atoms with Crippen molar-refractivity contribution < 1.29 is 27.5 Å². The third-order valence-corrected chi connectivity index (χ3v) is 5.99. The van der Waals surface area contributed by atoms with Gasteiger partial charge in [-0.15, -0.1) is 0 Å². The van der Waals surface area contributed by atoms with E-state index in [1.165, 1.54) is 4.31 Å². The number of para-hydroxylation sites is 2. The summed E-state index contributed by atoms with van der Waals surface area (Å²) in [5.74, 6) is -0.477. The maximum Gasteiger partial charge on any atom is 0.338 e. The number of sulfonamides is 1. The summed E-state index contributed by atoms with van der Waals surface area (Å²) >= 11 is 0. The van der Waals surface area contributed by atoms with E-state index in [1.807, 2.05) is 6.92 Å². The molecule has 2 aromatic rings. The van der Waals surface area contributed by atoms with Crippen LogP contribution in [0.25, 0.3) is 0 Å². The number of hydrogen-bond acceptors (Lipinski definition) is 6. The van der Waals surface area contributed by atoms with Gasteiger partial charge in [0.15, 0.2) is 6.10 Å². The van der Waals surface area contributed by atoms with Crippen LogP contribution in [0.15, 0.2) is 48.5 Å². The Morgan fingerprint density at radius 1 is 1.16 bits per heavy atom. The number of esters is 1. The first-order valence-electron chi connectivity index (χ1n) is 10.1. The molecule has 1 aliphatic rings. The van der Waals surface area contributed by atoms with Gasteiger partial charge in [-0.25, -0.2) is 13.2 Å². The van der Waals surface area contributed by atoms with Gasteiger partial charge in [0.2, 0.25) is 10.0 Å². The molecular formula is C22H26N2O6S. The molecule has 9 heteroatoms. The number of nitrogens with zero attached hydrogens (tertiary/aromatic N) is 1. The highest BCUT2D eigenvalue weighted by Crippen LogP contribution is 2.34. The van der Waals surface area contributed by atoms with Crippen LogP contribution in [0, 0.1) is 0 Å². The maximum absolute atomic E-state index is 12.8. The standard InChI is InChI=1S/C22H26N2O6S/c1-3-4-15-29-22(26)16-9-11-17(12-10-16)23-21(25)20-13-14-24(31(2,27)28)18-7-5-6-8-19(18)30-20/h5-12,20H,3-4,13-15H2,1-2H3,(H,23,25)/t20-/m0/s1. The zero-order valence-electron chi connectivity index (χ0n) is 17.5. The molecule has 1 N–H and O–H groups in total. The minimum absolute atomic E-state index is 0.121. The average Bonchev–Trinajstić information content (AvgIpc) is 2.94. The number of carbonyl (C=O) groups is 2. The largest absolute Gasteiger partial charge is 0.478 e. The molecular weight excluding hydrogens is 420 g/mol. The van der Waals surface area contributed by atoms with E-state index in [4.69, 9.17) is 9.47 Å². The summed E-state index contributed by atoms with van der Waals surface area (Å²) in [6.45, 7) is 2.51. The number of anilines is 2. The predicted octanol–water partition coefficient (Wildman–Crippen LogP) is 3.20. The van der Waals surface area contributed by atoms with E-state index < -0.39 is 28.0 Å². The fourth-order valence-electron chi connectivity index (χ4n) is 3.16. The monoisotopic (exact) mass is 446 g/mol. The Hall–Kier alpha value is -3.07. The van der Waals surface area contributed by atoms with Crippen molar-refractivity contribution in [3.8, 4) is 5.75 Å². The zero-order valence-corrected chi connectivity index (χ0v) is 18.4. The first-order chi connectivity index (χ1) is 14.8. The van der Waals surface area contributed by atoms with Crippen LogP contribution in [0.4, 0.5) is 11.4 Å². The van der Waals surface area contributed by atoms with E-state index in [0.717, 1.165) is 19.1 Å². The molecule has 8 nitrogen and oxygen atoms in total. The van der Waals surface area contributed by atoms with Gasteiger partial charge >= 0.3 is 5.97 Å². The predicted molar refractivity (Wildman–Crippen MR) is 118 cm³/mol. The third kappa shape index (κ3) is 5.75. The van der Waals surface area contributed by atoms with Gasteiger partial charge in [0.1, 0.15) is 5.75 Å². The summed E-state index contributed by atoms with van der Waals surface area (Å²) in [5, 5.41) is 2.76. The molecule has 1 atom stereocenters. The first kappa shape index (κ1) is 22.6. The normalized spacial score (nSPS) is 15.9. The molecule has 1 aliphatic heterocycles. The second kappa shape index (κ2) is 9.82. The second-order valence-corrected chi connectivity index (χ2v) is 9.16. The number of carbonyl (C=O) groups excluding carboxylic acids is 2. The Morgan fingerprint density at radius 2 is 1.87 bits per heavy atom. The van der Waals surface area contributed by atoms with Crippen molar-refractivity contribution in [2.45, 2.75) is 32.3 Å². The summed E-state index contributed by atoms with van der Waals surface area (Å²) < 4.78 is 36.6. The lowest BCUT2D eigenvalue weighted by Crippen LogP contribution is -2.35. The van der Waals surface area contributed by atoms with Gasteiger partial charge in [-0.2, -0.15) is 0 Å². The molecule has 0 bridgehead atoms. The van der Waals surface area contributed by atoms with Crippen molar-refractivity contribution in [2.24, 2.45) is 0 Å². The van der Waals surface area contributed by atoms with Crippen molar-refractivity contribution in [1.29, 1.82) is 0 Å². The summed E-state index contributed by atoms with van der Waals surface area (Å²) in [6.07, 6.45) is 2.19. The number of hydrogen-bond donors (Lipinski definition) is 1. The number of ether oxygens (including phenoxy) is 2. The summed E-state index contributed by atoms with van der Waals surface area (Å²) in [5.41, 5.74) is 1.31. The molecule has 1 heterocycles. The molecule has 0 spiro atoms. The van der Waals surface area contributed by atoms with Crippen molar-refractivity contribution in [3.63, 3.8) is 0 Å². The number of benzene rings is 2. The fraction of sp³-hybridized carbons (Fsp3) is 0.364. The Balaban J connectivity index is 1.68. The molecule has 0 fully saturated rings. The van der Waals surface area contributed by atoms with E-state index in [2.05, 4.69) is 5.32 Å². The summed E-state index contributed by atoms with van der Waals surface area (Å²) in [6, 6.07) is 13.1. The number of rotatable bonds is 7. The van der Waals surface area contributed by atoms with Gasteiger partial charge in [0.25, 0.3) is 5.91 Å². The highest BCUT2D eigenvalue weighted by Gasteiger charge is 2.31. The molecule has 0 unspecified atom stereocenters. The smallest absolute Gasteiger partial charge is 0.338 e. The van der Waals surface area contributed by atoms with Gasteiger partial charge in [-0.05, 0) is 42.8 Å². The molecule has 0 saturated carbocycles. The lowest BCUT2D eigenvalue weighted by molar-refractivity contribution is -0.122. The topological polar surface area (TPSA) is 102 Å². The van der Waals surface area contributed by atoms with Gasteiger partial charge in [-0.3, -0.25) is 9.10 Å². The third-order valence-electron chi connectivity index (χ3n) is 4.81. The maximum atomic E-state index is 12.8. The van der Waals surface area contributed by atoms with Crippen LogP contribution in [-0.2, 0) is 19.6 Å². The van der Waals surface area contributed by atoms with Crippen molar-refractivity contribution >= 4 is 33.3 Å². The second-order valence-electron chi connectivity index (χ2n) is 7.25. The minimum Gasteiger partial charge on any atom is -0.478 e. The molecule has 31 heavy (non-hydrogen) atoms. The number of nitrogens with one attached hydrogen (secondary N) is 1. The van der Waals surface area contributed by atoms with Crippen LogP contribution in [0.5, 0.6) is 5.75 Å². The van der Waals surface area contributed by atoms with Crippen molar-refractivity contribution in [3.05, 3.63) is 54.1 Å². The minimum atomic E-state index is -3.51. The van der Waals surface area contributed by atoms with Gasteiger partial charge in [-0.1, -0.05) is 25.5 Å². The van der Waals surface area contributed by atoms with E-state index >= 15 is 0 Å². The van der Waals surface area contributed by atoms with Crippen molar-refractivity contribution in [1.82, 2.24) is 0 Å². The van der Waals surface area contributed by atoms with Crippen molar-refractivity contribution in [2.75, 3.05) is 29.0 Å². The van der Waals surface area contributed by atoms with Gasteiger partial charge in [0.05, 0.1) is 24.1 Å². The van der Waals surface area contributed by atoms with Gasteiger partial charge < -0.3 is 14.8 Å². The zero-order chi connectivity index (χ0) is 22.4.